The first-order valence-electron chi connectivity index (χ1n) is 8.73. The highest BCUT2D eigenvalue weighted by Crippen LogP contribution is 2.24. The molecule has 2 fully saturated rings. The predicted octanol–water partition coefficient (Wildman–Crippen LogP) is 1.42. The zero-order chi connectivity index (χ0) is 17.2. The van der Waals surface area contributed by atoms with Crippen LogP contribution in [0.3, 0.4) is 0 Å². The lowest BCUT2D eigenvalue weighted by atomic mass is 9.85. The summed E-state index contributed by atoms with van der Waals surface area (Å²) in [5.74, 6) is 0.0142. The van der Waals surface area contributed by atoms with Crippen LogP contribution >= 0.6 is 0 Å². The third-order valence-electron chi connectivity index (χ3n) is 4.98. The Balaban J connectivity index is 1.91. The second kappa shape index (κ2) is 7.07. The quantitative estimate of drug-likeness (QED) is 0.776. The average molecular weight is 324 g/mol. The van der Waals surface area contributed by atoms with E-state index in [4.69, 9.17) is 0 Å². The first-order chi connectivity index (χ1) is 10.7. The molecule has 2 N–H and O–H groups in total. The van der Waals surface area contributed by atoms with E-state index >= 15 is 0 Å². The van der Waals surface area contributed by atoms with Crippen molar-refractivity contribution >= 4 is 11.9 Å². The van der Waals surface area contributed by atoms with Gasteiger partial charge in [-0.1, -0.05) is 13.8 Å². The molecule has 0 aromatic rings. The van der Waals surface area contributed by atoms with E-state index < -0.39 is 0 Å². The largest absolute Gasteiger partial charge is 0.352 e. The summed E-state index contributed by atoms with van der Waals surface area (Å²) in [4.78, 5) is 28.8. The van der Waals surface area contributed by atoms with Gasteiger partial charge in [-0.3, -0.25) is 4.79 Å². The van der Waals surface area contributed by atoms with E-state index in [1.807, 2.05) is 21.0 Å². The number of rotatable bonds is 6. The molecule has 132 valence electrons. The molecule has 2 aliphatic rings. The first kappa shape index (κ1) is 18.0. The first-order valence-corrected chi connectivity index (χ1v) is 8.73. The second-order valence-electron chi connectivity index (χ2n) is 8.03. The summed E-state index contributed by atoms with van der Waals surface area (Å²) >= 11 is 0. The van der Waals surface area contributed by atoms with Gasteiger partial charge in [-0.05, 0) is 52.1 Å². The van der Waals surface area contributed by atoms with Crippen molar-refractivity contribution in [2.75, 3.05) is 27.2 Å². The van der Waals surface area contributed by atoms with Gasteiger partial charge in [0.05, 0.1) is 0 Å². The molecule has 6 heteroatoms. The fourth-order valence-electron chi connectivity index (χ4n) is 3.22. The minimum Gasteiger partial charge on any atom is -0.352 e. The maximum atomic E-state index is 12.6. The average Bonchev–Trinajstić information content (AvgIpc) is 3.09. The Morgan fingerprint density at radius 2 is 1.91 bits per heavy atom. The Hall–Kier alpha value is -1.30. The topological polar surface area (TPSA) is 64.7 Å². The zero-order valence-corrected chi connectivity index (χ0v) is 15.2. The molecule has 0 spiro atoms. The normalized spacial score (nSPS) is 23.0. The van der Waals surface area contributed by atoms with E-state index in [2.05, 4.69) is 29.4 Å². The van der Waals surface area contributed by atoms with Crippen LogP contribution < -0.4 is 10.6 Å². The van der Waals surface area contributed by atoms with Gasteiger partial charge in [-0.25, -0.2) is 4.79 Å². The molecule has 0 radical (unpaired) electrons. The molecule has 2 unspecified atom stereocenters. The molecular weight excluding hydrogens is 292 g/mol. The molecule has 1 saturated heterocycles. The van der Waals surface area contributed by atoms with Crippen molar-refractivity contribution in [3.05, 3.63) is 0 Å². The number of carbonyl (C=O) groups excluding carboxylic acids is 2. The molecule has 0 aromatic carbocycles. The van der Waals surface area contributed by atoms with Crippen LogP contribution in [0.15, 0.2) is 0 Å². The predicted molar refractivity (Wildman–Crippen MR) is 91.2 cm³/mol. The maximum Gasteiger partial charge on any atom is 0.318 e. The molecular formula is C17H32N4O2. The fourth-order valence-corrected chi connectivity index (χ4v) is 3.22. The standard InChI is InChI=1S/C17H32N4O2/c1-12(17(2,3)11-20(4)5)18-16(23)21-10-6-7-14(21)15(22)19-13-8-9-13/h12-14H,6-11H2,1-5H3,(H,18,23)(H,19,22). The Labute approximate surface area is 140 Å². The Bertz CT molecular complexity index is 446. The SMILES string of the molecule is CC(NC(=O)N1CCCC1C(=O)NC1CC1)C(C)(C)CN(C)C. The highest BCUT2D eigenvalue weighted by Gasteiger charge is 2.38. The minimum absolute atomic E-state index is 0.0142. The number of hydrogen-bond donors (Lipinski definition) is 2. The van der Waals surface area contributed by atoms with Gasteiger partial charge < -0.3 is 20.4 Å². The van der Waals surface area contributed by atoms with Gasteiger partial charge in [-0.2, -0.15) is 0 Å². The van der Waals surface area contributed by atoms with Crippen LogP contribution in [0, 0.1) is 5.41 Å². The van der Waals surface area contributed by atoms with Crippen LogP contribution in [0.5, 0.6) is 0 Å². The molecule has 2 atom stereocenters. The van der Waals surface area contributed by atoms with Gasteiger partial charge in [0.2, 0.25) is 5.91 Å². The van der Waals surface area contributed by atoms with E-state index in [9.17, 15) is 9.59 Å². The van der Waals surface area contributed by atoms with Gasteiger partial charge in [0, 0.05) is 25.2 Å². The number of nitrogens with one attached hydrogen (secondary N) is 2. The number of urea groups is 1. The van der Waals surface area contributed by atoms with Crippen LogP contribution in [0.4, 0.5) is 4.79 Å². The number of amides is 3. The van der Waals surface area contributed by atoms with E-state index in [0.717, 1.165) is 32.2 Å². The molecule has 1 saturated carbocycles. The van der Waals surface area contributed by atoms with Crippen LogP contribution in [0.2, 0.25) is 0 Å². The Morgan fingerprint density at radius 1 is 1.26 bits per heavy atom. The molecule has 2 rings (SSSR count). The van der Waals surface area contributed by atoms with Crippen molar-refractivity contribution in [1.82, 2.24) is 20.4 Å². The molecule has 0 bridgehead atoms. The molecule has 1 aliphatic heterocycles. The minimum atomic E-state index is -0.306. The molecule has 0 aromatic heterocycles. The summed E-state index contributed by atoms with van der Waals surface area (Å²) < 4.78 is 0. The van der Waals surface area contributed by atoms with Gasteiger partial charge in [0.25, 0.3) is 0 Å². The highest BCUT2D eigenvalue weighted by atomic mass is 16.2. The maximum absolute atomic E-state index is 12.6. The summed E-state index contributed by atoms with van der Waals surface area (Å²) in [5, 5.41) is 6.12. The van der Waals surface area contributed by atoms with Gasteiger partial charge in [0.1, 0.15) is 6.04 Å². The zero-order valence-electron chi connectivity index (χ0n) is 15.2. The van der Waals surface area contributed by atoms with E-state index in [1.54, 1.807) is 4.90 Å². The lowest BCUT2D eigenvalue weighted by Gasteiger charge is -2.36. The Morgan fingerprint density at radius 3 is 2.48 bits per heavy atom. The third-order valence-corrected chi connectivity index (χ3v) is 4.98. The van der Waals surface area contributed by atoms with Crippen LogP contribution in [-0.4, -0.2) is 67.0 Å². The lowest BCUT2D eigenvalue weighted by Crippen LogP contribution is -2.55. The van der Waals surface area contributed by atoms with Crippen molar-refractivity contribution in [2.45, 2.75) is 64.6 Å². The van der Waals surface area contributed by atoms with Crippen LogP contribution in [-0.2, 0) is 4.79 Å². The van der Waals surface area contributed by atoms with Crippen LogP contribution in [0.25, 0.3) is 0 Å². The second-order valence-corrected chi connectivity index (χ2v) is 8.03. The van der Waals surface area contributed by atoms with E-state index in [1.165, 1.54) is 0 Å². The molecule has 1 heterocycles. The van der Waals surface area contributed by atoms with Gasteiger partial charge >= 0.3 is 6.03 Å². The summed E-state index contributed by atoms with van der Waals surface area (Å²) in [6, 6.07) is -0.0476. The van der Waals surface area contributed by atoms with Crippen molar-refractivity contribution in [3.63, 3.8) is 0 Å². The molecule has 6 nitrogen and oxygen atoms in total. The smallest absolute Gasteiger partial charge is 0.318 e. The molecule has 1 aliphatic carbocycles. The van der Waals surface area contributed by atoms with Crippen molar-refractivity contribution in [3.8, 4) is 0 Å². The number of hydrogen-bond acceptors (Lipinski definition) is 3. The lowest BCUT2D eigenvalue weighted by molar-refractivity contribution is -0.124. The Kier molecular flexibility index (Phi) is 5.55. The van der Waals surface area contributed by atoms with Gasteiger partial charge in [-0.15, -0.1) is 0 Å². The van der Waals surface area contributed by atoms with Crippen molar-refractivity contribution < 1.29 is 9.59 Å². The fraction of sp³-hybridized carbons (Fsp3) is 0.882. The summed E-state index contributed by atoms with van der Waals surface area (Å²) in [6.45, 7) is 7.89. The van der Waals surface area contributed by atoms with Crippen LogP contribution in [0.1, 0.15) is 46.5 Å². The summed E-state index contributed by atoms with van der Waals surface area (Å²) in [6.07, 6.45) is 3.80. The highest BCUT2D eigenvalue weighted by molar-refractivity contribution is 5.88. The van der Waals surface area contributed by atoms with Crippen molar-refractivity contribution in [1.29, 1.82) is 0 Å². The molecule has 3 amide bonds. The summed E-state index contributed by atoms with van der Waals surface area (Å²) in [7, 11) is 4.07. The monoisotopic (exact) mass is 324 g/mol. The number of carbonyl (C=O) groups is 2. The van der Waals surface area contributed by atoms with Crippen molar-refractivity contribution in [2.24, 2.45) is 5.41 Å². The van der Waals surface area contributed by atoms with E-state index in [-0.39, 0.29) is 29.4 Å². The van der Waals surface area contributed by atoms with Gasteiger partial charge in [0.15, 0.2) is 0 Å². The van der Waals surface area contributed by atoms with E-state index in [0.29, 0.717) is 12.6 Å². The number of nitrogens with zero attached hydrogens (tertiary/aromatic N) is 2. The third kappa shape index (κ3) is 4.83. The number of likely N-dealkylation sites (tertiary alicyclic amines) is 1. The summed E-state index contributed by atoms with van der Waals surface area (Å²) in [5.41, 5.74) is -0.0371. The molecule has 23 heavy (non-hydrogen) atoms.